The molecular formula is C26H27N7O3. The van der Waals surface area contributed by atoms with Gasteiger partial charge < -0.3 is 19.7 Å². The van der Waals surface area contributed by atoms with E-state index < -0.39 is 0 Å². The predicted octanol–water partition coefficient (Wildman–Crippen LogP) is 3.24. The molecule has 10 heteroatoms. The maximum Gasteiger partial charge on any atom is 0.261 e. The van der Waals surface area contributed by atoms with Gasteiger partial charge in [-0.3, -0.25) is 9.48 Å². The summed E-state index contributed by atoms with van der Waals surface area (Å²) >= 11 is 0. The topological polar surface area (TPSA) is 107 Å². The summed E-state index contributed by atoms with van der Waals surface area (Å²) in [5.41, 5.74) is 2.55. The summed E-state index contributed by atoms with van der Waals surface area (Å²) in [6.07, 6.45) is 11.6. The van der Waals surface area contributed by atoms with E-state index in [1.807, 2.05) is 41.3 Å². The standard InChI is InChI=1S/C26H27N7O3/c34-14-16-1-4-19(5-2-16)33-12-17-9-18(3-6-23(17)30-33)28-26(35)22-11-27-32-8-7-24(29-25(22)32)31-13-21-10-20(31)15-36-21/h3,6-9,11-12,14,16,19-21H,1-2,4-5,10,13,15H2,(H,28,35)/t16?,19?,20-,21-/m1/s1. The summed E-state index contributed by atoms with van der Waals surface area (Å²) in [5, 5.41) is 13.0. The minimum absolute atomic E-state index is 0.179. The van der Waals surface area contributed by atoms with Crippen molar-refractivity contribution in [3.63, 3.8) is 0 Å². The van der Waals surface area contributed by atoms with E-state index in [2.05, 4.69) is 15.3 Å². The van der Waals surface area contributed by atoms with E-state index in [-0.39, 0.29) is 17.9 Å². The zero-order chi connectivity index (χ0) is 24.2. The second-order valence-electron chi connectivity index (χ2n) is 10.2. The molecule has 1 aliphatic carbocycles. The molecule has 3 aromatic heterocycles. The first-order valence-corrected chi connectivity index (χ1v) is 12.6. The van der Waals surface area contributed by atoms with Crippen LogP contribution in [0.15, 0.2) is 42.9 Å². The van der Waals surface area contributed by atoms with Crippen LogP contribution in [0, 0.1) is 5.92 Å². The maximum absolute atomic E-state index is 13.2. The molecule has 1 saturated carbocycles. The second-order valence-corrected chi connectivity index (χ2v) is 10.2. The molecule has 10 nitrogen and oxygen atoms in total. The molecule has 2 saturated heterocycles. The summed E-state index contributed by atoms with van der Waals surface area (Å²) in [7, 11) is 0. The number of rotatable bonds is 5. The Bertz CT molecular complexity index is 1470. The SMILES string of the molecule is O=CC1CCC(n2cc3cc(NC(=O)c4cnn5ccc(N6C[C@H]7C[C@@H]6CO7)nc45)ccc3n2)CC1. The van der Waals surface area contributed by atoms with Gasteiger partial charge in [0.25, 0.3) is 5.91 Å². The smallest absolute Gasteiger partial charge is 0.261 e. The number of nitrogens with one attached hydrogen (secondary N) is 1. The molecule has 0 radical (unpaired) electrons. The number of ether oxygens (including phenoxy) is 1. The highest BCUT2D eigenvalue weighted by Gasteiger charge is 2.39. The lowest BCUT2D eigenvalue weighted by atomic mass is 9.87. The monoisotopic (exact) mass is 485 g/mol. The number of aldehydes is 1. The molecule has 2 atom stereocenters. The van der Waals surface area contributed by atoms with E-state index in [4.69, 9.17) is 14.8 Å². The Morgan fingerprint density at radius 3 is 2.81 bits per heavy atom. The van der Waals surface area contributed by atoms with Gasteiger partial charge >= 0.3 is 0 Å². The highest BCUT2D eigenvalue weighted by Crippen LogP contribution is 2.33. The number of hydrogen-bond acceptors (Lipinski definition) is 7. The maximum atomic E-state index is 13.2. The molecule has 1 aromatic carbocycles. The highest BCUT2D eigenvalue weighted by atomic mass is 16.5. The van der Waals surface area contributed by atoms with E-state index in [1.54, 1.807) is 10.7 Å². The molecule has 3 fully saturated rings. The van der Waals surface area contributed by atoms with E-state index in [1.165, 1.54) is 0 Å². The lowest BCUT2D eigenvalue weighted by Crippen LogP contribution is -2.37. The van der Waals surface area contributed by atoms with Crippen LogP contribution >= 0.6 is 0 Å². The summed E-state index contributed by atoms with van der Waals surface area (Å²) in [4.78, 5) is 31.3. The number of aromatic nitrogens is 5. The van der Waals surface area contributed by atoms with Crippen LogP contribution in [0.25, 0.3) is 16.6 Å². The quantitative estimate of drug-likeness (QED) is 0.433. The number of anilines is 2. The third kappa shape index (κ3) is 3.63. The first kappa shape index (κ1) is 21.5. The minimum atomic E-state index is -0.250. The number of benzene rings is 1. The molecule has 36 heavy (non-hydrogen) atoms. The van der Waals surface area contributed by atoms with Crippen molar-refractivity contribution in [3.05, 3.63) is 48.4 Å². The van der Waals surface area contributed by atoms with Gasteiger partial charge in [0.15, 0.2) is 5.65 Å². The molecule has 7 rings (SSSR count). The van der Waals surface area contributed by atoms with Crippen LogP contribution in [0.5, 0.6) is 0 Å². The van der Waals surface area contributed by atoms with Crippen LogP contribution in [0.2, 0.25) is 0 Å². The van der Waals surface area contributed by atoms with Crippen molar-refractivity contribution in [2.75, 3.05) is 23.4 Å². The van der Waals surface area contributed by atoms with Gasteiger partial charge in [0.05, 0.1) is 36.5 Å². The van der Waals surface area contributed by atoms with Crippen LogP contribution in [0.1, 0.15) is 48.5 Å². The van der Waals surface area contributed by atoms with Gasteiger partial charge in [-0.25, -0.2) is 9.50 Å². The molecule has 4 aromatic rings. The fourth-order valence-electron chi connectivity index (χ4n) is 5.87. The molecule has 0 unspecified atom stereocenters. The Morgan fingerprint density at radius 1 is 1.14 bits per heavy atom. The predicted molar refractivity (Wildman–Crippen MR) is 133 cm³/mol. The molecule has 184 valence electrons. The van der Waals surface area contributed by atoms with Crippen LogP contribution in [0.3, 0.4) is 0 Å². The van der Waals surface area contributed by atoms with Crippen LogP contribution in [0.4, 0.5) is 11.5 Å². The van der Waals surface area contributed by atoms with Crippen molar-refractivity contribution < 1.29 is 14.3 Å². The first-order valence-electron chi connectivity index (χ1n) is 12.6. The van der Waals surface area contributed by atoms with Gasteiger partial charge in [0, 0.05) is 35.9 Å². The van der Waals surface area contributed by atoms with Crippen LogP contribution < -0.4 is 10.2 Å². The molecule has 5 heterocycles. The van der Waals surface area contributed by atoms with Gasteiger partial charge in [-0.2, -0.15) is 10.2 Å². The van der Waals surface area contributed by atoms with E-state index in [0.717, 1.165) is 68.3 Å². The third-order valence-corrected chi connectivity index (χ3v) is 7.88. The van der Waals surface area contributed by atoms with E-state index in [9.17, 15) is 9.59 Å². The Hall–Kier alpha value is -3.79. The molecule has 1 amide bonds. The molecule has 3 aliphatic rings. The van der Waals surface area contributed by atoms with Gasteiger partial charge in [-0.05, 0) is 56.4 Å². The minimum Gasteiger partial charge on any atom is -0.374 e. The largest absolute Gasteiger partial charge is 0.374 e. The van der Waals surface area contributed by atoms with Crippen molar-refractivity contribution in [2.24, 2.45) is 5.92 Å². The van der Waals surface area contributed by atoms with Gasteiger partial charge in [0.1, 0.15) is 17.7 Å². The highest BCUT2D eigenvalue weighted by molar-refractivity contribution is 6.08. The summed E-state index contributed by atoms with van der Waals surface area (Å²) in [6.45, 7) is 1.55. The van der Waals surface area contributed by atoms with Crippen molar-refractivity contribution in [3.8, 4) is 0 Å². The second kappa shape index (κ2) is 8.41. The molecular weight excluding hydrogens is 458 g/mol. The Kier molecular flexibility index (Phi) is 5.02. The Morgan fingerprint density at radius 2 is 2.03 bits per heavy atom. The number of carbonyl (C=O) groups is 2. The lowest BCUT2D eigenvalue weighted by molar-refractivity contribution is -0.112. The van der Waals surface area contributed by atoms with E-state index >= 15 is 0 Å². The van der Waals surface area contributed by atoms with Gasteiger partial charge in [-0.1, -0.05) is 0 Å². The number of amides is 1. The molecule has 1 N–H and O–H groups in total. The van der Waals surface area contributed by atoms with Crippen molar-refractivity contribution >= 4 is 40.2 Å². The van der Waals surface area contributed by atoms with Crippen LogP contribution in [-0.4, -0.2) is 61.9 Å². The number of fused-ring (bicyclic) bond motifs is 4. The summed E-state index contributed by atoms with van der Waals surface area (Å²) in [5.74, 6) is 0.779. The Balaban J connectivity index is 1.11. The Labute approximate surface area is 207 Å². The van der Waals surface area contributed by atoms with Crippen LogP contribution in [-0.2, 0) is 9.53 Å². The van der Waals surface area contributed by atoms with E-state index in [0.29, 0.717) is 29.0 Å². The molecule has 0 spiro atoms. The third-order valence-electron chi connectivity index (χ3n) is 7.88. The van der Waals surface area contributed by atoms with Gasteiger partial charge in [-0.15, -0.1) is 0 Å². The first-order chi connectivity index (χ1) is 17.6. The van der Waals surface area contributed by atoms with Crippen molar-refractivity contribution in [1.29, 1.82) is 0 Å². The average Bonchev–Trinajstić information content (AvgIpc) is 3.71. The number of carbonyl (C=O) groups excluding carboxylic acids is 2. The van der Waals surface area contributed by atoms with Crippen molar-refractivity contribution in [2.45, 2.75) is 50.3 Å². The zero-order valence-electron chi connectivity index (χ0n) is 19.8. The van der Waals surface area contributed by atoms with Gasteiger partial charge in [0.2, 0.25) is 0 Å². The normalized spacial score (nSPS) is 25.6. The fraction of sp³-hybridized carbons (Fsp3) is 0.423. The lowest BCUT2D eigenvalue weighted by Gasteiger charge is -2.27. The number of nitrogens with zero attached hydrogens (tertiary/aromatic N) is 6. The van der Waals surface area contributed by atoms with Crippen molar-refractivity contribution in [1.82, 2.24) is 24.4 Å². The average molecular weight is 486 g/mol. The number of morpholine rings is 1. The zero-order valence-corrected chi connectivity index (χ0v) is 19.8. The number of hydrogen-bond donors (Lipinski definition) is 1. The molecule has 2 aliphatic heterocycles. The summed E-state index contributed by atoms with van der Waals surface area (Å²) < 4.78 is 9.36. The fourth-order valence-corrected chi connectivity index (χ4v) is 5.87. The molecule has 2 bridgehead atoms. The summed E-state index contributed by atoms with van der Waals surface area (Å²) in [6, 6.07) is 8.33.